The lowest BCUT2D eigenvalue weighted by Crippen LogP contribution is -2.26. The number of ketones is 1. The molecule has 0 aliphatic carbocycles. The van der Waals surface area contributed by atoms with Crippen molar-refractivity contribution in [2.45, 2.75) is 11.7 Å². The molecule has 0 spiro atoms. The second kappa shape index (κ2) is 8.49. The Kier molecular flexibility index (Phi) is 6.08. The summed E-state index contributed by atoms with van der Waals surface area (Å²) in [5, 5.41) is 11.6. The van der Waals surface area contributed by atoms with E-state index in [1.807, 2.05) is 0 Å². The third kappa shape index (κ3) is 4.94. The van der Waals surface area contributed by atoms with Crippen LogP contribution in [0.2, 0.25) is 10.0 Å². The molecule has 1 fully saturated rings. The minimum atomic E-state index is -0.525. The van der Waals surface area contributed by atoms with Gasteiger partial charge in [-0.15, -0.1) is 5.10 Å². The maximum Gasteiger partial charge on any atom is 0.240 e. The van der Waals surface area contributed by atoms with Crippen LogP contribution >= 0.6 is 35.0 Å². The summed E-state index contributed by atoms with van der Waals surface area (Å²) < 4.78 is 0. The number of carbonyl (C=O) groups excluding carboxylic acids is 2. The van der Waals surface area contributed by atoms with Gasteiger partial charge in [0.2, 0.25) is 5.91 Å². The summed E-state index contributed by atoms with van der Waals surface area (Å²) in [6.07, 6.45) is 1.64. The average Bonchev–Trinajstić information content (AvgIpc) is 2.97. The van der Waals surface area contributed by atoms with E-state index in [1.54, 1.807) is 54.7 Å². The van der Waals surface area contributed by atoms with E-state index in [9.17, 15) is 9.59 Å². The number of nitrogens with one attached hydrogen (secondary N) is 1. The predicted octanol–water partition coefficient (Wildman–Crippen LogP) is 4.19. The molecule has 1 saturated heterocycles. The molecule has 1 heterocycles. The van der Waals surface area contributed by atoms with Crippen molar-refractivity contribution in [1.82, 2.24) is 5.32 Å². The first kappa shape index (κ1) is 18.6. The smallest absolute Gasteiger partial charge is 0.240 e. The zero-order valence-corrected chi connectivity index (χ0v) is 15.7. The lowest BCUT2D eigenvalue weighted by molar-refractivity contribution is -0.118. The minimum absolute atomic E-state index is 0.0814. The molecule has 0 saturated carbocycles. The van der Waals surface area contributed by atoms with E-state index < -0.39 is 5.25 Å². The molecule has 8 heteroatoms. The topological polar surface area (TPSA) is 70.9 Å². The van der Waals surface area contributed by atoms with Crippen molar-refractivity contribution in [3.8, 4) is 0 Å². The maximum absolute atomic E-state index is 12.3. The lowest BCUT2D eigenvalue weighted by atomic mass is 10.1. The van der Waals surface area contributed by atoms with Gasteiger partial charge in [0.25, 0.3) is 0 Å². The molecule has 0 bridgehead atoms. The summed E-state index contributed by atoms with van der Waals surface area (Å²) in [6.45, 7) is 0. The largest absolute Gasteiger partial charge is 0.303 e. The first-order valence-electron chi connectivity index (χ1n) is 7.64. The van der Waals surface area contributed by atoms with E-state index in [0.29, 0.717) is 20.8 Å². The number of halogens is 2. The van der Waals surface area contributed by atoms with Crippen molar-refractivity contribution in [3.63, 3.8) is 0 Å². The monoisotopic (exact) mass is 405 g/mol. The first-order valence-corrected chi connectivity index (χ1v) is 9.28. The number of amidine groups is 1. The number of rotatable bonds is 5. The molecule has 0 unspecified atom stereocenters. The molecular weight excluding hydrogens is 393 g/mol. The second-order valence-electron chi connectivity index (χ2n) is 5.43. The Morgan fingerprint density at radius 3 is 2.35 bits per heavy atom. The van der Waals surface area contributed by atoms with E-state index in [1.165, 1.54) is 11.8 Å². The zero-order chi connectivity index (χ0) is 18.5. The summed E-state index contributed by atoms with van der Waals surface area (Å²) in [4.78, 5) is 24.3. The number of amides is 1. The van der Waals surface area contributed by atoms with Crippen LogP contribution in [0.5, 0.6) is 0 Å². The third-order valence-electron chi connectivity index (χ3n) is 3.54. The van der Waals surface area contributed by atoms with Gasteiger partial charge < -0.3 is 5.32 Å². The molecule has 1 amide bonds. The van der Waals surface area contributed by atoms with Gasteiger partial charge in [0, 0.05) is 22.0 Å². The maximum atomic E-state index is 12.3. The fourth-order valence-electron chi connectivity index (χ4n) is 2.21. The fraction of sp³-hybridized carbons (Fsp3) is 0.111. The minimum Gasteiger partial charge on any atom is -0.303 e. The molecule has 26 heavy (non-hydrogen) atoms. The number of hydrogen-bond acceptors (Lipinski definition) is 5. The molecule has 1 atom stereocenters. The molecule has 2 aromatic rings. The molecule has 1 aliphatic rings. The van der Waals surface area contributed by atoms with E-state index in [-0.39, 0.29) is 18.1 Å². The molecule has 0 radical (unpaired) electrons. The van der Waals surface area contributed by atoms with E-state index >= 15 is 0 Å². The Labute approximate surface area is 164 Å². The second-order valence-corrected chi connectivity index (χ2v) is 7.50. The molecule has 0 aromatic heterocycles. The van der Waals surface area contributed by atoms with Gasteiger partial charge in [0.1, 0.15) is 0 Å². The zero-order valence-electron chi connectivity index (χ0n) is 13.4. The molecular formula is C18H13Cl2N3O2S. The number of thioether (sulfide) groups is 1. The Hall–Kier alpha value is -2.15. The van der Waals surface area contributed by atoms with Crippen LogP contribution in [0.4, 0.5) is 0 Å². The number of carbonyl (C=O) groups is 2. The molecule has 2 aromatic carbocycles. The highest BCUT2D eigenvalue weighted by Crippen LogP contribution is 2.24. The van der Waals surface area contributed by atoms with Gasteiger partial charge in [0.15, 0.2) is 11.0 Å². The molecule has 5 nitrogen and oxygen atoms in total. The highest BCUT2D eigenvalue weighted by Gasteiger charge is 2.32. The first-order chi connectivity index (χ1) is 12.5. The summed E-state index contributed by atoms with van der Waals surface area (Å²) >= 11 is 12.8. The van der Waals surface area contributed by atoms with E-state index in [2.05, 4.69) is 15.5 Å². The Morgan fingerprint density at radius 2 is 1.69 bits per heavy atom. The standard InChI is InChI=1S/C18H13Cl2N3O2S/c19-13-5-1-11(2-6-13)10-21-23-18-22-17(25)16(26-18)9-15(24)12-3-7-14(20)8-4-12/h1-8,10,16H,9H2,(H,22,23,25)/b21-10-/t16-/m0/s1. The summed E-state index contributed by atoms with van der Waals surface area (Å²) in [5.74, 6) is -0.377. The van der Waals surface area contributed by atoms with Crippen LogP contribution < -0.4 is 5.32 Å². The summed E-state index contributed by atoms with van der Waals surface area (Å²) in [7, 11) is 0. The number of benzene rings is 2. The van der Waals surface area contributed by atoms with Crippen LogP contribution in [0, 0.1) is 0 Å². The average molecular weight is 406 g/mol. The van der Waals surface area contributed by atoms with Crippen LogP contribution in [0.25, 0.3) is 0 Å². The molecule has 1 N–H and O–H groups in total. The van der Waals surface area contributed by atoms with E-state index in [4.69, 9.17) is 23.2 Å². The van der Waals surface area contributed by atoms with Gasteiger partial charge in [-0.1, -0.05) is 47.1 Å². The summed E-state index contributed by atoms with van der Waals surface area (Å²) in [6, 6.07) is 13.7. The molecule has 1 aliphatic heterocycles. The van der Waals surface area contributed by atoms with E-state index in [0.717, 1.165) is 5.56 Å². The van der Waals surface area contributed by atoms with Crippen LogP contribution in [-0.2, 0) is 4.79 Å². The van der Waals surface area contributed by atoms with Gasteiger partial charge in [-0.25, -0.2) is 0 Å². The van der Waals surface area contributed by atoms with Crippen molar-refractivity contribution in [1.29, 1.82) is 0 Å². The van der Waals surface area contributed by atoms with Gasteiger partial charge in [-0.2, -0.15) is 5.10 Å². The van der Waals surface area contributed by atoms with Crippen molar-refractivity contribution in [2.75, 3.05) is 0 Å². The Bertz CT molecular complexity index is 880. The van der Waals surface area contributed by atoms with Crippen molar-refractivity contribution < 1.29 is 9.59 Å². The highest BCUT2D eigenvalue weighted by molar-refractivity contribution is 8.15. The van der Waals surface area contributed by atoms with Crippen molar-refractivity contribution >= 4 is 58.0 Å². The third-order valence-corrected chi connectivity index (χ3v) is 5.11. The highest BCUT2D eigenvalue weighted by atomic mass is 35.5. The SMILES string of the molecule is O=C(C[C@@H]1S/C(=N\N=C/c2ccc(Cl)cc2)NC1=O)c1ccc(Cl)cc1. The Balaban J connectivity index is 1.60. The van der Waals surface area contributed by atoms with Crippen LogP contribution in [0.1, 0.15) is 22.3 Å². The predicted molar refractivity (Wildman–Crippen MR) is 106 cm³/mol. The van der Waals surface area contributed by atoms with Crippen LogP contribution in [0.3, 0.4) is 0 Å². The number of nitrogens with zero attached hydrogens (tertiary/aromatic N) is 2. The Morgan fingerprint density at radius 1 is 1.08 bits per heavy atom. The van der Waals surface area contributed by atoms with Crippen LogP contribution in [-0.4, -0.2) is 28.3 Å². The molecule has 132 valence electrons. The van der Waals surface area contributed by atoms with Gasteiger partial charge in [0.05, 0.1) is 11.5 Å². The normalized spacial score (nSPS) is 18.5. The quantitative estimate of drug-likeness (QED) is 0.460. The lowest BCUT2D eigenvalue weighted by Gasteiger charge is -2.04. The van der Waals surface area contributed by atoms with Gasteiger partial charge in [-0.05, 0) is 42.0 Å². The number of hydrogen-bond donors (Lipinski definition) is 1. The number of Topliss-reactive ketones (excluding diaryl/α,β-unsaturated/α-hetero) is 1. The summed E-state index contributed by atoms with van der Waals surface area (Å²) in [5.41, 5.74) is 1.36. The van der Waals surface area contributed by atoms with Crippen LogP contribution in [0.15, 0.2) is 58.7 Å². The van der Waals surface area contributed by atoms with Gasteiger partial charge >= 0.3 is 0 Å². The molecule has 3 rings (SSSR count). The van der Waals surface area contributed by atoms with Crippen molar-refractivity contribution in [2.24, 2.45) is 10.2 Å². The van der Waals surface area contributed by atoms with Crippen molar-refractivity contribution in [3.05, 3.63) is 69.7 Å². The van der Waals surface area contributed by atoms with Gasteiger partial charge in [-0.3, -0.25) is 9.59 Å². The fourth-order valence-corrected chi connectivity index (χ4v) is 3.38.